The maximum atomic E-state index is 13.1. The van der Waals surface area contributed by atoms with Crippen LogP contribution in [-0.2, 0) is 16.9 Å². The van der Waals surface area contributed by atoms with E-state index in [0.29, 0.717) is 11.7 Å². The molecule has 0 bridgehead atoms. The summed E-state index contributed by atoms with van der Waals surface area (Å²) >= 11 is 0. The van der Waals surface area contributed by atoms with Gasteiger partial charge in [-0.3, -0.25) is 4.67 Å². The Morgan fingerprint density at radius 3 is 2.31 bits per heavy atom. The monoisotopic (exact) mass is 388 g/mol. The summed E-state index contributed by atoms with van der Waals surface area (Å²) in [5, 5.41) is 3.36. The summed E-state index contributed by atoms with van der Waals surface area (Å²) < 4.78 is 56.9. The number of halogens is 3. The van der Waals surface area contributed by atoms with Gasteiger partial charge in [0.2, 0.25) is 5.82 Å². The molecule has 1 saturated heterocycles. The minimum absolute atomic E-state index is 0.123. The van der Waals surface area contributed by atoms with Crippen molar-refractivity contribution in [1.29, 1.82) is 0 Å². The maximum absolute atomic E-state index is 13.1. The Hall–Kier alpha value is -1.70. The molecule has 0 N–H and O–H groups in total. The highest BCUT2D eigenvalue weighted by atomic mass is 31.2. The van der Waals surface area contributed by atoms with Gasteiger partial charge in [-0.05, 0) is 12.6 Å². The number of alkyl halides is 3. The van der Waals surface area contributed by atoms with Crippen molar-refractivity contribution in [2.45, 2.75) is 12.3 Å². The molecule has 0 aliphatic carbocycles. The minimum Gasteiger partial charge on any atom is -0.329 e. The van der Waals surface area contributed by atoms with Gasteiger partial charge in [-0.15, -0.1) is 0 Å². The van der Waals surface area contributed by atoms with Crippen molar-refractivity contribution < 1.29 is 22.3 Å². The molecule has 1 aliphatic heterocycles. The zero-order valence-electron chi connectivity index (χ0n) is 14.5. The SMILES string of the molecule is CN1CCN(P(C)(=O)Cc2ccc(-c3noc(C(F)(F)F)n3)cc2)CC1. The van der Waals surface area contributed by atoms with Gasteiger partial charge in [-0.25, -0.2) is 0 Å². The van der Waals surface area contributed by atoms with Crippen LogP contribution in [0.4, 0.5) is 13.2 Å². The van der Waals surface area contributed by atoms with Crippen LogP contribution >= 0.6 is 7.29 Å². The third-order valence-corrected chi connectivity index (χ3v) is 6.98. The van der Waals surface area contributed by atoms with Crippen LogP contribution in [0.3, 0.4) is 0 Å². The normalized spacial score (nSPS) is 19.4. The molecule has 1 aromatic carbocycles. The Bertz CT molecular complexity index is 799. The Morgan fingerprint density at radius 2 is 1.77 bits per heavy atom. The number of aromatic nitrogens is 2. The van der Waals surface area contributed by atoms with E-state index in [-0.39, 0.29) is 5.82 Å². The van der Waals surface area contributed by atoms with Gasteiger partial charge in [-0.2, -0.15) is 18.2 Å². The highest BCUT2D eigenvalue weighted by Gasteiger charge is 2.38. The Labute approximate surface area is 149 Å². The topological polar surface area (TPSA) is 62.5 Å². The fourth-order valence-electron chi connectivity index (χ4n) is 2.87. The highest BCUT2D eigenvalue weighted by molar-refractivity contribution is 7.59. The van der Waals surface area contributed by atoms with Crippen molar-refractivity contribution >= 4 is 7.29 Å². The molecule has 0 spiro atoms. The molecule has 0 saturated carbocycles. The second kappa shape index (κ2) is 7.13. The molecule has 142 valence electrons. The number of hydrogen-bond donors (Lipinski definition) is 0. The quantitative estimate of drug-likeness (QED) is 0.748. The fraction of sp³-hybridized carbons (Fsp3) is 0.500. The average molecular weight is 388 g/mol. The van der Waals surface area contributed by atoms with Crippen LogP contribution in [0.2, 0.25) is 0 Å². The molecule has 1 fully saturated rings. The van der Waals surface area contributed by atoms with E-state index in [1.54, 1.807) is 30.9 Å². The predicted octanol–water partition coefficient (Wildman–Crippen LogP) is 3.41. The van der Waals surface area contributed by atoms with Crippen LogP contribution < -0.4 is 0 Å². The molecular weight excluding hydrogens is 368 g/mol. The van der Waals surface area contributed by atoms with Gasteiger partial charge in [0.15, 0.2) is 7.29 Å². The largest absolute Gasteiger partial charge is 0.471 e. The van der Waals surface area contributed by atoms with Gasteiger partial charge in [-0.1, -0.05) is 29.4 Å². The van der Waals surface area contributed by atoms with E-state index in [4.69, 9.17) is 0 Å². The van der Waals surface area contributed by atoms with Gasteiger partial charge in [0.25, 0.3) is 0 Å². The molecule has 1 unspecified atom stereocenters. The van der Waals surface area contributed by atoms with Gasteiger partial charge in [0, 0.05) is 44.6 Å². The second-order valence-electron chi connectivity index (χ2n) is 6.58. The molecule has 1 atom stereocenters. The standard InChI is InChI=1S/C16H20F3N4O2P/c1-22-7-9-23(10-8-22)26(2,24)11-12-3-5-13(6-4-12)14-20-15(25-21-14)16(17,18)19/h3-6H,7-11H2,1-2H3. The molecule has 0 radical (unpaired) electrons. The third-order valence-electron chi connectivity index (χ3n) is 4.43. The number of likely N-dealkylation sites (N-methyl/N-ethyl adjacent to an activating group) is 1. The van der Waals surface area contributed by atoms with Crippen molar-refractivity contribution in [1.82, 2.24) is 19.7 Å². The minimum atomic E-state index is -4.66. The molecular formula is C16H20F3N4O2P. The van der Waals surface area contributed by atoms with E-state index in [1.165, 1.54) is 0 Å². The Kier molecular flexibility index (Phi) is 5.23. The van der Waals surface area contributed by atoms with E-state index in [2.05, 4.69) is 19.6 Å². The van der Waals surface area contributed by atoms with Crippen LogP contribution in [0, 0.1) is 0 Å². The first-order valence-electron chi connectivity index (χ1n) is 8.16. The van der Waals surface area contributed by atoms with E-state index in [9.17, 15) is 17.7 Å². The van der Waals surface area contributed by atoms with Crippen LogP contribution in [0.1, 0.15) is 11.5 Å². The van der Waals surface area contributed by atoms with Gasteiger partial charge >= 0.3 is 12.1 Å². The van der Waals surface area contributed by atoms with Crippen LogP contribution in [-0.4, -0.2) is 59.6 Å². The van der Waals surface area contributed by atoms with Crippen molar-refractivity contribution in [2.24, 2.45) is 0 Å². The highest BCUT2D eigenvalue weighted by Crippen LogP contribution is 2.49. The summed E-state index contributed by atoms with van der Waals surface area (Å²) in [5.41, 5.74) is 1.27. The van der Waals surface area contributed by atoms with Crippen molar-refractivity contribution in [2.75, 3.05) is 39.9 Å². The van der Waals surface area contributed by atoms with E-state index >= 15 is 0 Å². The predicted molar refractivity (Wildman–Crippen MR) is 91.0 cm³/mol. The molecule has 26 heavy (non-hydrogen) atoms. The maximum Gasteiger partial charge on any atom is 0.471 e. The van der Waals surface area contributed by atoms with Crippen molar-refractivity contribution in [3.8, 4) is 11.4 Å². The number of piperazine rings is 1. The zero-order valence-corrected chi connectivity index (χ0v) is 15.4. The number of benzene rings is 1. The lowest BCUT2D eigenvalue weighted by atomic mass is 10.1. The van der Waals surface area contributed by atoms with E-state index in [1.807, 2.05) is 11.7 Å². The molecule has 6 nitrogen and oxygen atoms in total. The lowest BCUT2D eigenvalue weighted by molar-refractivity contribution is -0.159. The average Bonchev–Trinajstić information content (AvgIpc) is 3.06. The molecule has 2 aromatic rings. The Morgan fingerprint density at radius 1 is 1.15 bits per heavy atom. The first-order valence-corrected chi connectivity index (χ1v) is 10.4. The fourth-order valence-corrected chi connectivity index (χ4v) is 4.99. The first kappa shape index (κ1) is 19.1. The molecule has 3 rings (SSSR count). The summed E-state index contributed by atoms with van der Waals surface area (Å²) in [7, 11) is -0.473. The van der Waals surface area contributed by atoms with E-state index < -0.39 is 19.4 Å². The third kappa shape index (κ3) is 4.34. The molecule has 10 heteroatoms. The summed E-state index contributed by atoms with van der Waals surface area (Å²) in [6.07, 6.45) is -4.25. The number of rotatable bonds is 4. The lowest BCUT2D eigenvalue weighted by Gasteiger charge is -2.36. The first-order chi connectivity index (χ1) is 12.1. The molecule has 1 aromatic heterocycles. The second-order valence-corrected chi connectivity index (χ2v) is 9.57. The molecule has 0 amide bonds. The molecule has 1 aliphatic rings. The molecule has 2 heterocycles. The number of hydrogen-bond acceptors (Lipinski definition) is 5. The zero-order chi connectivity index (χ0) is 18.9. The lowest BCUT2D eigenvalue weighted by Crippen LogP contribution is -2.42. The Balaban J connectivity index is 1.69. The summed E-state index contributed by atoms with van der Waals surface area (Å²) in [4.78, 5) is 5.57. The van der Waals surface area contributed by atoms with Gasteiger partial charge in [0.05, 0.1) is 0 Å². The summed E-state index contributed by atoms with van der Waals surface area (Å²) in [6, 6.07) is 6.71. The van der Waals surface area contributed by atoms with Crippen LogP contribution in [0.5, 0.6) is 0 Å². The smallest absolute Gasteiger partial charge is 0.329 e. The van der Waals surface area contributed by atoms with Gasteiger partial charge in [0.1, 0.15) is 0 Å². The van der Waals surface area contributed by atoms with Crippen molar-refractivity contribution in [3.63, 3.8) is 0 Å². The van der Waals surface area contributed by atoms with Crippen LogP contribution in [0.25, 0.3) is 11.4 Å². The summed E-state index contributed by atoms with van der Waals surface area (Å²) in [5.74, 6) is -1.49. The van der Waals surface area contributed by atoms with Gasteiger partial charge < -0.3 is 14.0 Å². The van der Waals surface area contributed by atoms with Crippen molar-refractivity contribution in [3.05, 3.63) is 35.7 Å². The van der Waals surface area contributed by atoms with Crippen LogP contribution in [0.15, 0.2) is 28.8 Å². The number of nitrogens with zero attached hydrogens (tertiary/aromatic N) is 4. The summed E-state index contributed by atoms with van der Waals surface area (Å²) in [6.45, 7) is 5.09. The van der Waals surface area contributed by atoms with E-state index in [0.717, 1.165) is 31.7 Å².